The smallest absolute Gasteiger partial charge is 0.416 e. The molecule has 0 amide bonds. The number of hydrogen-bond donors (Lipinski definition) is 0. The lowest BCUT2D eigenvalue weighted by Crippen LogP contribution is -2.50. The summed E-state index contributed by atoms with van der Waals surface area (Å²) in [6.45, 7) is 2.53. The van der Waals surface area contributed by atoms with E-state index in [9.17, 15) is 31.2 Å². The van der Waals surface area contributed by atoms with Crippen LogP contribution in [0.25, 0.3) is 22.8 Å². The molecule has 1 aliphatic heterocycles. The first kappa shape index (κ1) is 31.6. The topological polar surface area (TPSA) is 85.7 Å². The zero-order valence-corrected chi connectivity index (χ0v) is 24.8. The number of methoxy groups -OCH3 is 1. The molecule has 2 heterocycles. The second-order valence-electron chi connectivity index (χ2n) is 10.8. The maximum absolute atomic E-state index is 17.1. The van der Waals surface area contributed by atoms with E-state index in [0.29, 0.717) is 21.9 Å². The van der Waals surface area contributed by atoms with Crippen LogP contribution in [-0.4, -0.2) is 43.5 Å². The summed E-state index contributed by atoms with van der Waals surface area (Å²) < 4.78 is 110. The van der Waals surface area contributed by atoms with Crippen LogP contribution in [0.3, 0.4) is 0 Å². The van der Waals surface area contributed by atoms with Crippen molar-refractivity contribution in [3.05, 3.63) is 86.5 Å². The van der Waals surface area contributed by atoms with Crippen molar-refractivity contribution in [2.75, 3.05) is 20.2 Å². The van der Waals surface area contributed by atoms with Crippen LogP contribution in [0.2, 0.25) is 0 Å². The van der Waals surface area contributed by atoms with Gasteiger partial charge >= 0.3 is 12.1 Å². The van der Waals surface area contributed by atoms with E-state index in [-0.39, 0.29) is 24.6 Å². The normalized spacial score (nSPS) is 20.0. The van der Waals surface area contributed by atoms with Gasteiger partial charge in [-0.05, 0) is 46.9 Å². The number of aromatic nitrogens is 1. The van der Waals surface area contributed by atoms with Gasteiger partial charge in [0.25, 0.3) is 21.5 Å². The molecule has 1 aliphatic carbocycles. The molecule has 2 aliphatic rings. The van der Waals surface area contributed by atoms with Crippen LogP contribution in [0, 0.1) is 5.92 Å². The molecule has 0 bridgehead atoms. The van der Waals surface area contributed by atoms with Crippen LogP contribution in [0.1, 0.15) is 43.9 Å². The number of esters is 1. The Kier molecular flexibility index (Phi) is 8.08. The Bertz CT molecular complexity index is 1940. The summed E-state index contributed by atoms with van der Waals surface area (Å²) in [5.41, 5.74) is -5.22. The summed E-state index contributed by atoms with van der Waals surface area (Å²) in [6, 6.07) is 8.65. The quantitative estimate of drug-likeness (QED) is 0.296. The van der Waals surface area contributed by atoms with Crippen LogP contribution >= 0.6 is 0 Å². The van der Waals surface area contributed by atoms with E-state index in [0.717, 1.165) is 29.6 Å². The lowest BCUT2D eigenvalue weighted by molar-refractivity contribution is -0.145. The highest BCUT2D eigenvalue weighted by atomic mass is 32.2. The van der Waals surface area contributed by atoms with Gasteiger partial charge in [0.1, 0.15) is 6.04 Å². The van der Waals surface area contributed by atoms with E-state index >= 15 is 8.78 Å². The molecule has 0 saturated heterocycles. The van der Waals surface area contributed by atoms with Crippen molar-refractivity contribution in [3.8, 4) is 11.1 Å². The van der Waals surface area contributed by atoms with E-state index in [2.05, 4.69) is 0 Å². The molecular formula is C31H29F5N2O5S. The molecule has 0 fully saturated rings. The third-order valence-electron chi connectivity index (χ3n) is 8.02. The predicted octanol–water partition coefficient (Wildman–Crippen LogP) is 4.43. The van der Waals surface area contributed by atoms with E-state index in [4.69, 9.17) is 4.74 Å². The monoisotopic (exact) mass is 636 g/mol. The standard InChI is InChI=1S/C31H29F5N2O5S/c1-4-14-37-17-24(29(40)43-3)38-25(39)16-23(30(32,33)27-18(2)12-13-19-8-5-6-11-22(19)27)26(28(38)44(37,41)42)20-9-7-10-21(15-20)31(34,35)36/h5-11,13,15-16,18,24H,4,12,14,17H2,1-3H3. The third-order valence-corrected chi connectivity index (χ3v) is 9.92. The van der Waals surface area contributed by atoms with Gasteiger partial charge in [-0.2, -0.15) is 26.3 Å². The molecule has 7 nitrogen and oxygen atoms in total. The minimum Gasteiger partial charge on any atom is -0.467 e. The van der Waals surface area contributed by atoms with Crippen molar-refractivity contribution in [3.63, 3.8) is 0 Å². The number of halogens is 5. The first-order valence-electron chi connectivity index (χ1n) is 13.9. The molecule has 2 aromatic carbocycles. The maximum Gasteiger partial charge on any atom is 0.416 e. The van der Waals surface area contributed by atoms with Gasteiger partial charge in [0.15, 0.2) is 5.03 Å². The summed E-state index contributed by atoms with van der Waals surface area (Å²) in [5, 5.41) is -0.312. The van der Waals surface area contributed by atoms with E-state index in [1.54, 1.807) is 38.1 Å². The predicted molar refractivity (Wildman–Crippen MR) is 152 cm³/mol. The average Bonchev–Trinajstić information content (AvgIpc) is 2.97. The van der Waals surface area contributed by atoms with Crippen LogP contribution in [0.15, 0.2) is 64.4 Å². The van der Waals surface area contributed by atoms with Crippen LogP contribution < -0.4 is 16.0 Å². The highest BCUT2D eigenvalue weighted by Gasteiger charge is 2.49. The summed E-state index contributed by atoms with van der Waals surface area (Å²) in [6.07, 6.45) is -2.65. The Labute approximate surface area is 249 Å². The number of alkyl halides is 5. The van der Waals surface area contributed by atoms with Gasteiger partial charge in [0.05, 0.1) is 12.7 Å². The van der Waals surface area contributed by atoms with Crippen molar-refractivity contribution >= 4 is 27.6 Å². The van der Waals surface area contributed by atoms with Gasteiger partial charge in [-0.25, -0.2) is 13.2 Å². The minimum atomic E-state index is -4.90. The van der Waals surface area contributed by atoms with Crippen molar-refractivity contribution < 1.29 is 39.9 Å². The van der Waals surface area contributed by atoms with Gasteiger partial charge < -0.3 is 4.74 Å². The number of rotatable bonds is 6. The van der Waals surface area contributed by atoms with Crippen molar-refractivity contribution in [1.29, 1.82) is 0 Å². The van der Waals surface area contributed by atoms with Gasteiger partial charge in [0.2, 0.25) is 0 Å². The summed E-state index contributed by atoms with van der Waals surface area (Å²) >= 11 is 0. The summed E-state index contributed by atoms with van der Waals surface area (Å²) in [4.78, 5) is 26.6. The fourth-order valence-corrected chi connectivity index (χ4v) is 7.99. The number of carbonyl (C=O) groups excluding carboxylic acids is 1. The second kappa shape index (κ2) is 11.3. The Hall–Kier alpha value is -3.84. The summed E-state index contributed by atoms with van der Waals surface area (Å²) in [7, 11) is -3.78. The van der Waals surface area contributed by atoms with E-state index in [1.165, 1.54) is 6.07 Å². The Morgan fingerprint density at radius 1 is 1.05 bits per heavy atom. The SMILES string of the molecule is CCCN1CC(C(=O)OC)n2c(c(-c3cccc(C(F)(F)F)c3)c(C(F)(F)C3=c4ccccc4=CCC3C)cc2=O)S1(=O)=O. The summed E-state index contributed by atoms with van der Waals surface area (Å²) in [5.74, 6) is -5.81. The van der Waals surface area contributed by atoms with Crippen LogP contribution in [-0.2, 0) is 31.7 Å². The molecule has 2 unspecified atom stereocenters. The molecule has 13 heteroatoms. The van der Waals surface area contributed by atoms with Crippen LogP contribution in [0.4, 0.5) is 22.0 Å². The fourth-order valence-electron chi connectivity index (χ4n) is 6.03. The number of benzene rings is 2. The molecule has 0 saturated carbocycles. The lowest BCUT2D eigenvalue weighted by Gasteiger charge is -2.36. The average molecular weight is 637 g/mol. The lowest BCUT2D eigenvalue weighted by atomic mass is 9.82. The highest BCUT2D eigenvalue weighted by molar-refractivity contribution is 7.89. The molecule has 5 rings (SSSR count). The van der Waals surface area contributed by atoms with Crippen molar-refractivity contribution in [2.45, 2.75) is 49.9 Å². The van der Waals surface area contributed by atoms with Gasteiger partial charge in [0, 0.05) is 35.9 Å². The molecule has 2 atom stereocenters. The Balaban J connectivity index is 1.99. The molecule has 1 aromatic heterocycles. The number of fused-ring (bicyclic) bond motifs is 2. The number of carbonyl (C=O) groups is 1. The van der Waals surface area contributed by atoms with Crippen molar-refractivity contribution in [2.24, 2.45) is 5.92 Å². The number of ether oxygens (including phenoxy) is 1. The van der Waals surface area contributed by atoms with Gasteiger partial charge in [-0.3, -0.25) is 9.36 Å². The molecule has 44 heavy (non-hydrogen) atoms. The first-order chi connectivity index (χ1) is 20.6. The van der Waals surface area contributed by atoms with Gasteiger partial charge in [-0.1, -0.05) is 56.3 Å². The zero-order valence-electron chi connectivity index (χ0n) is 24.0. The highest BCUT2D eigenvalue weighted by Crippen LogP contribution is 2.48. The molecule has 234 valence electrons. The van der Waals surface area contributed by atoms with Crippen LogP contribution in [0.5, 0.6) is 0 Å². The molecular weight excluding hydrogens is 607 g/mol. The van der Waals surface area contributed by atoms with E-state index < -0.39 is 85.0 Å². The molecule has 0 spiro atoms. The second-order valence-corrected chi connectivity index (χ2v) is 12.7. The Morgan fingerprint density at radius 2 is 1.75 bits per heavy atom. The van der Waals surface area contributed by atoms with Gasteiger partial charge in [-0.15, -0.1) is 0 Å². The fraction of sp³-hybridized carbons (Fsp3) is 0.355. The van der Waals surface area contributed by atoms with E-state index in [1.807, 2.05) is 0 Å². The molecule has 0 N–H and O–H groups in total. The van der Waals surface area contributed by atoms with Crippen molar-refractivity contribution in [1.82, 2.24) is 8.87 Å². The number of hydrogen-bond acceptors (Lipinski definition) is 5. The molecule has 0 radical (unpaired) electrons. The first-order valence-corrected chi connectivity index (χ1v) is 15.3. The number of sulfonamides is 1. The number of pyridine rings is 1. The maximum atomic E-state index is 17.1. The third kappa shape index (κ3) is 5.15. The largest absolute Gasteiger partial charge is 0.467 e. The minimum absolute atomic E-state index is 0.149. The zero-order chi connectivity index (χ0) is 32.2. The molecule has 3 aromatic rings. The Morgan fingerprint density at radius 3 is 2.41 bits per heavy atom. The number of nitrogens with zero attached hydrogens (tertiary/aromatic N) is 2.